The van der Waals surface area contributed by atoms with Crippen molar-refractivity contribution in [1.29, 1.82) is 0 Å². The van der Waals surface area contributed by atoms with Gasteiger partial charge in [0.15, 0.2) is 0 Å². The first kappa shape index (κ1) is 13.6. The lowest BCUT2D eigenvalue weighted by Gasteiger charge is -2.16. The molecule has 0 aliphatic carbocycles. The van der Waals surface area contributed by atoms with Crippen LogP contribution < -0.4 is 5.32 Å². The monoisotopic (exact) mass is 261 g/mol. The number of fused-ring (bicyclic) bond motifs is 1. The van der Waals surface area contributed by atoms with Gasteiger partial charge >= 0.3 is 0 Å². The fourth-order valence-electron chi connectivity index (χ4n) is 2.53. The smallest absolute Gasteiger partial charge is 0.0345 e. The van der Waals surface area contributed by atoms with E-state index >= 15 is 0 Å². The van der Waals surface area contributed by atoms with Crippen molar-refractivity contribution in [3.8, 4) is 0 Å². The normalized spacial score (nSPS) is 13.0. The van der Waals surface area contributed by atoms with Gasteiger partial charge in [-0.05, 0) is 54.2 Å². The molecule has 18 heavy (non-hydrogen) atoms. The van der Waals surface area contributed by atoms with Crippen LogP contribution in [0.4, 0.5) is 0 Å². The molecule has 2 heteroatoms. The first-order chi connectivity index (χ1) is 8.85. The van der Waals surface area contributed by atoms with Crippen molar-refractivity contribution in [2.75, 3.05) is 13.1 Å². The fraction of sp³-hybridized carbons (Fsp3) is 0.500. The first-order valence-corrected chi connectivity index (χ1v) is 7.89. The lowest BCUT2D eigenvalue weighted by atomic mass is 9.94. The SMILES string of the molecule is CCCC(CNCC)Cc1csc2ccccc12. The summed E-state index contributed by atoms with van der Waals surface area (Å²) in [5, 5.41) is 7.30. The molecular formula is C16H23NS. The summed E-state index contributed by atoms with van der Waals surface area (Å²) in [6.45, 7) is 6.69. The van der Waals surface area contributed by atoms with E-state index in [9.17, 15) is 0 Å². The van der Waals surface area contributed by atoms with Crippen LogP contribution in [-0.2, 0) is 6.42 Å². The molecule has 0 radical (unpaired) electrons. The number of hydrogen-bond acceptors (Lipinski definition) is 2. The molecule has 1 N–H and O–H groups in total. The third kappa shape index (κ3) is 3.33. The van der Waals surface area contributed by atoms with Gasteiger partial charge in [0.2, 0.25) is 0 Å². The van der Waals surface area contributed by atoms with Crippen LogP contribution >= 0.6 is 11.3 Å². The third-order valence-electron chi connectivity index (χ3n) is 3.45. The van der Waals surface area contributed by atoms with Crippen molar-refractivity contribution in [3.05, 3.63) is 35.2 Å². The summed E-state index contributed by atoms with van der Waals surface area (Å²) in [5.74, 6) is 0.771. The highest BCUT2D eigenvalue weighted by atomic mass is 32.1. The molecule has 1 atom stereocenters. The molecule has 0 fully saturated rings. The lowest BCUT2D eigenvalue weighted by molar-refractivity contribution is 0.446. The van der Waals surface area contributed by atoms with Crippen molar-refractivity contribution < 1.29 is 0 Å². The molecule has 0 aliphatic heterocycles. The average Bonchev–Trinajstić information content (AvgIpc) is 2.80. The largest absolute Gasteiger partial charge is 0.317 e. The molecule has 0 amide bonds. The standard InChI is InChI=1S/C16H23NS/c1-3-7-13(11-17-4-2)10-14-12-18-16-9-6-5-8-15(14)16/h5-6,8-9,12-13,17H,3-4,7,10-11H2,1-2H3. The Kier molecular flexibility index (Phi) is 5.21. The summed E-state index contributed by atoms with van der Waals surface area (Å²) in [7, 11) is 0. The Morgan fingerprint density at radius 2 is 2.06 bits per heavy atom. The summed E-state index contributed by atoms with van der Waals surface area (Å²) in [6, 6.07) is 8.77. The number of thiophene rings is 1. The summed E-state index contributed by atoms with van der Waals surface area (Å²) in [5.41, 5.74) is 1.53. The van der Waals surface area contributed by atoms with Crippen LogP contribution in [0.3, 0.4) is 0 Å². The van der Waals surface area contributed by atoms with Gasteiger partial charge in [-0.25, -0.2) is 0 Å². The van der Waals surface area contributed by atoms with Crippen molar-refractivity contribution in [3.63, 3.8) is 0 Å². The predicted octanol–water partition coefficient (Wildman–Crippen LogP) is 4.47. The molecule has 1 unspecified atom stereocenters. The van der Waals surface area contributed by atoms with E-state index in [1.807, 2.05) is 11.3 Å². The second-order valence-corrected chi connectivity index (χ2v) is 5.83. The van der Waals surface area contributed by atoms with E-state index < -0.39 is 0 Å². The maximum atomic E-state index is 3.50. The Labute approximate surface area is 114 Å². The summed E-state index contributed by atoms with van der Waals surface area (Å²) in [4.78, 5) is 0. The van der Waals surface area contributed by atoms with Crippen LogP contribution in [0.15, 0.2) is 29.6 Å². The van der Waals surface area contributed by atoms with Gasteiger partial charge in [-0.1, -0.05) is 38.5 Å². The van der Waals surface area contributed by atoms with Crippen molar-refractivity contribution in [2.24, 2.45) is 5.92 Å². The number of hydrogen-bond donors (Lipinski definition) is 1. The van der Waals surface area contributed by atoms with Crippen molar-refractivity contribution >= 4 is 21.4 Å². The van der Waals surface area contributed by atoms with E-state index in [0.717, 1.165) is 19.0 Å². The molecule has 0 aliphatic rings. The van der Waals surface area contributed by atoms with E-state index in [2.05, 4.69) is 48.8 Å². The number of benzene rings is 1. The zero-order valence-corrected chi connectivity index (χ0v) is 12.2. The van der Waals surface area contributed by atoms with Crippen LogP contribution in [-0.4, -0.2) is 13.1 Å². The molecule has 2 aromatic rings. The molecule has 1 nitrogen and oxygen atoms in total. The van der Waals surface area contributed by atoms with E-state index in [4.69, 9.17) is 0 Å². The van der Waals surface area contributed by atoms with Crippen molar-refractivity contribution in [1.82, 2.24) is 5.32 Å². The molecule has 1 aromatic heterocycles. The van der Waals surface area contributed by atoms with Crippen molar-refractivity contribution in [2.45, 2.75) is 33.1 Å². The van der Waals surface area contributed by atoms with Gasteiger partial charge < -0.3 is 5.32 Å². The zero-order chi connectivity index (χ0) is 12.8. The molecule has 0 spiro atoms. The molecule has 0 saturated heterocycles. The van der Waals surface area contributed by atoms with Gasteiger partial charge in [0.25, 0.3) is 0 Å². The van der Waals surface area contributed by atoms with Crippen LogP contribution in [0.1, 0.15) is 32.3 Å². The Bertz CT molecular complexity index is 475. The Balaban J connectivity index is 2.10. The number of nitrogens with one attached hydrogen (secondary N) is 1. The van der Waals surface area contributed by atoms with Crippen LogP contribution in [0.2, 0.25) is 0 Å². The second kappa shape index (κ2) is 6.91. The van der Waals surface area contributed by atoms with E-state index in [1.54, 1.807) is 0 Å². The second-order valence-electron chi connectivity index (χ2n) is 4.92. The third-order valence-corrected chi connectivity index (χ3v) is 4.46. The molecule has 98 valence electrons. The topological polar surface area (TPSA) is 12.0 Å². The predicted molar refractivity (Wildman–Crippen MR) is 82.5 cm³/mol. The highest BCUT2D eigenvalue weighted by Crippen LogP contribution is 2.28. The molecule has 1 aromatic carbocycles. The maximum Gasteiger partial charge on any atom is 0.0345 e. The molecule has 0 saturated carbocycles. The summed E-state index contributed by atoms with van der Waals surface area (Å²) in [6.07, 6.45) is 3.81. The summed E-state index contributed by atoms with van der Waals surface area (Å²) < 4.78 is 1.42. The Morgan fingerprint density at radius 3 is 2.83 bits per heavy atom. The van der Waals surface area contributed by atoms with Gasteiger partial charge in [0, 0.05) is 4.70 Å². The molecule has 1 heterocycles. The van der Waals surface area contributed by atoms with Gasteiger partial charge in [0.1, 0.15) is 0 Å². The van der Waals surface area contributed by atoms with E-state index in [0.29, 0.717) is 0 Å². The van der Waals surface area contributed by atoms with E-state index in [1.165, 1.54) is 34.9 Å². The Hall–Kier alpha value is -0.860. The Morgan fingerprint density at radius 1 is 1.22 bits per heavy atom. The first-order valence-electron chi connectivity index (χ1n) is 7.01. The van der Waals surface area contributed by atoms with Gasteiger partial charge in [-0.15, -0.1) is 11.3 Å². The lowest BCUT2D eigenvalue weighted by Crippen LogP contribution is -2.23. The highest BCUT2D eigenvalue weighted by molar-refractivity contribution is 7.17. The van der Waals surface area contributed by atoms with Crippen LogP contribution in [0, 0.1) is 5.92 Å². The van der Waals surface area contributed by atoms with Gasteiger partial charge in [-0.2, -0.15) is 0 Å². The minimum atomic E-state index is 0.771. The van der Waals surface area contributed by atoms with E-state index in [-0.39, 0.29) is 0 Å². The number of rotatable bonds is 7. The maximum absolute atomic E-state index is 3.50. The quantitative estimate of drug-likeness (QED) is 0.775. The molecule has 0 bridgehead atoms. The minimum absolute atomic E-state index is 0.771. The fourth-order valence-corrected chi connectivity index (χ4v) is 3.51. The zero-order valence-electron chi connectivity index (χ0n) is 11.4. The van der Waals surface area contributed by atoms with Crippen LogP contribution in [0.5, 0.6) is 0 Å². The van der Waals surface area contributed by atoms with Gasteiger partial charge in [-0.3, -0.25) is 0 Å². The van der Waals surface area contributed by atoms with Crippen LogP contribution in [0.25, 0.3) is 10.1 Å². The molecule has 2 rings (SSSR count). The highest BCUT2D eigenvalue weighted by Gasteiger charge is 2.11. The molecular weight excluding hydrogens is 238 g/mol. The van der Waals surface area contributed by atoms with Gasteiger partial charge in [0.05, 0.1) is 0 Å². The average molecular weight is 261 g/mol. The minimum Gasteiger partial charge on any atom is -0.317 e. The summed E-state index contributed by atoms with van der Waals surface area (Å²) >= 11 is 1.88.